The summed E-state index contributed by atoms with van der Waals surface area (Å²) in [5.74, 6) is 0. The van der Waals surface area contributed by atoms with E-state index >= 15 is 0 Å². The molecular formula is C17H22N2O5S3. The summed E-state index contributed by atoms with van der Waals surface area (Å²) in [6.07, 6.45) is 0.822. The number of anilines is 1. The zero-order valence-electron chi connectivity index (χ0n) is 15.5. The summed E-state index contributed by atoms with van der Waals surface area (Å²) in [4.78, 5) is 5.98. The standard InChI is InChI=1S/C17H22N2O5S3/c1-11-5-7-14(8-6-11)27(22,23)15-16(25-17(18-15)26(4,20)21)19-9-12(2)24-13(3)10-19/h5-8,12-13H,9-10H2,1-4H3/t12-,13-/m0/s1. The van der Waals surface area contributed by atoms with E-state index in [9.17, 15) is 16.8 Å². The van der Waals surface area contributed by atoms with Crippen molar-refractivity contribution in [3.8, 4) is 0 Å². The van der Waals surface area contributed by atoms with Gasteiger partial charge in [-0.25, -0.2) is 21.8 Å². The average Bonchev–Trinajstić information content (AvgIpc) is 3.00. The molecule has 0 spiro atoms. The topological polar surface area (TPSA) is 93.6 Å². The smallest absolute Gasteiger partial charge is 0.226 e. The van der Waals surface area contributed by atoms with E-state index < -0.39 is 19.7 Å². The SMILES string of the molecule is Cc1ccc(S(=O)(=O)c2nc(S(C)(=O)=O)sc2N2C[C@H](C)O[C@@H](C)C2)cc1. The summed E-state index contributed by atoms with van der Waals surface area (Å²) in [7, 11) is -7.59. The minimum absolute atomic E-state index is 0.0917. The summed E-state index contributed by atoms with van der Waals surface area (Å²) in [6, 6.07) is 6.43. The largest absolute Gasteiger partial charge is 0.372 e. The Bertz CT molecular complexity index is 1030. The molecule has 0 saturated carbocycles. The highest BCUT2D eigenvalue weighted by Gasteiger charge is 2.34. The molecule has 1 aliphatic rings. The first-order valence-corrected chi connectivity index (χ1v) is 12.6. The lowest BCUT2D eigenvalue weighted by Crippen LogP contribution is -2.45. The predicted octanol–water partition coefficient (Wildman–Crippen LogP) is 2.30. The Hall–Kier alpha value is -1.49. The Morgan fingerprint density at radius 1 is 1.07 bits per heavy atom. The molecule has 1 aromatic heterocycles. The first kappa shape index (κ1) is 20.2. The number of morpholine rings is 1. The highest BCUT2D eigenvalue weighted by Crippen LogP contribution is 2.38. The predicted molar refractivity (Wildman–Crippen MR) is 104 cm³/mol. The third-order valence-electron chi connectivity index (χ3n) is 4.17. The zero-order chi connectivity index (χ0) is 20.0. The van der Waals surface area contributed by atoms with Crippen molar-refractivity contribution >= 4 is 36.0 Å². The average molecular weight is 431 g/mol. The Morgan fingerprint density at radius 2 is 1.63 bits per heavy atom. The van der Waals surface area contributed by atoms with E-state index in [-0.39, 0.29) is 26.5 Å². The number of sulfone groups is 2. The van der Waals surface area contributed by atoms with E-state index in [2.05, 4.69) is 4.98 Å². The molecule has 0 unspecified atom stereocenters. The molecule has 2 aromatic rings. The number of nitrogens with zero attached hydrogens (tertiary/aromatic N) is 2. The lowest BCUT2D eigenvalue weighted by Gasteiger charge is -2.36. The summed E-state index contributed by atoms with van der Waals surface area (Å²) in [5.41, 5.74) is 0.931. The van der Waals surface area contributed by atoms with Crippen molar-refractivity contribution < 1.29 is 21.6 Å². The summed E-state index contributed by atoms with van der Waals surface area (Å²) in [6.45, 7) is 6.59. The fourth-order valence-corrected chi connectivity index (χ4v) is 6.66. The Kier molecular flexibility index (Phi) is 5.37. The van der Waals surface area contributed by atoms with Crippen molar-refractivity contribution in [2.24, 2.45) is 0 Å². The van der Waals surface area contributed by atoms with Gasteiger partial charge in [0.2, 0.25) is 24.0 Å². The molecule has 1 saturated heterocycles. The van der Waals surface area contributed by atoms with Crippen molar-refractivity contribution in [3.05, 3.63) is 29.8 Å². The second kappa shape index (κ2) is 7.16. The number of rotatable bonds is 4. The summed E-state index contributed by atoms with van der Waals surface area (Å²) < 4.78 is 56.0. The molecule has 1 aromatic carbocycles. The number of aryl methyl sites for hydroxylation is 1. The van der Waals surface area contributed by atoms with E-state index in [4.69, 9.17) is 4.74 Å². The van der Waals surface area contributed by atoms with Gasteiger partial charge in [-0.15, -0.1) is 0 Å². The van der Waals surface area contributed by atoms with Gasteiger partial charge in [0.1, 0.15) is 5.00 Å². The molecule has 7 nitrogen and oxygen atoms in total. The van der Waals surface area contributed by atoms with Gasteiger partial charge in [0, 0.05) is 19.3 Å². The molecule has 2 atom stereocenters. The number of ether oxygens (including phenoxy) is 1. The highest BCUT2D eigenvalue weighted by atomic mass is 32.2. The third kappa shape index (κ3) is 4.18. The van der Waals surface area contributed by atoms with E-state index in [1.165, 1.54) is 12.1 Å². The molecule has 0 bridgehead atoms. The van der Waals surface area contributed by atoms with Crippen LogP contribution in [0.15, 0.2) is 38.5 Å². The van der Waals surface area contributed by atoms with E-state index in [1.54, 1.807) is 12.1 Å². The maximum absolute atomic E-state index is 13.2. The van der Waals surface area contributed by atoms with Gasteiger partial charge in [0.25, 0.3) is 0 Å². The van der Waals surface area contributed by atoms with Crippen LogP contribution in [0.5, 0.6) is 0 Å². The van der Waals surface area contributed by atoms with Crippen LogP contribution in [0.3, 0.4) is 0 Å². The van der Waals surface area contributed by atoms with Crippen LogP contribution in [0.1, 0.15) is 19.4 Å². The molecule has 148 valence electrons. The van der Waals surface area contributed by atoms with Gasteiger partial charge in [-0.05, 0) is 32.9 Å². The molecule has 27 heavy (non-hydrogen) atoms. The molecule has 10 heteroatoms. The summed E-state index contributed by atoms with van der Waals surface area (Å²) in [5, 5.41) is 0.135. The number of hydrogen-bond acceptors (Lipinski definition) is 8. The normalized spacial score (nSPS) is 21.4. The van der Waals surface area contributed by atoms with Crippen LogP contribution in [0.4, 0.5) is 5.00 Å². The van der Waals surface area contributed by atoms with E-state index in [0.717, 1.165) is 23.2 Å². The van der Waals surface area contributed by atoms with Gasteiger partial charge in [0.05, 0.1) is 17.1 Å². The number of hydrogen-bond donors (Lipinski definition) is 0. The highest BCUT2D eigenvalue weighted by molar-refractivity contribution is 7.93. The molecule has 1 fully saturated rings. The minimum Gasteiger partial charge on any atom is -0.372 e. The third-order valence-corrected chi connectivity index (χ3v) is 8.78. The molecule has 0 N–H and O–H groups in total. The Balaban J connectivity index is 2.16. The van der Waals surface area contributed by atoms with Crippen LogP contribution in [0.2, 0.25) is 0 Å². The Morgan fingerprint density at radius 3 is 2.15 bits per heavy atom. The number of benzene rings is 1. The summed E-state index contributed by atoms with van der Waals surface area (Å²) >= 11 is 0.894. The molecule has 3 rings (SSSR count). The van der Waals surface area contributed by atoms with Gasteiger partial charge in [-0.1, -0.05) is 29.0 Å². The van der Waals surface area contributed by atoms with Crippen LogP contribution in [0.25, 0.3) is 0 Å². The molecule has 0 amide bonds. The van der Waals surface area contributed by atoms with Gasteiger partial charge in [0.15, 0.2) is 5.03 Å². The second-order valence-electron chi connectivity index (χ2n) is 6.84. The zero-order valence-corrected chi connectivity index (χ0v) is 18.0. The Labute approximate surface area is 163 Å². The molecule has 0 radical (unpaired) electrons. The molecular weight excluding hydrogens is 408 g/mol. The number of aromatic nitrogens is 1. The maximum Gasteiger partial charge on any atom is 0.226 e. The lowest BCUT2D eigenvalue weighted by molar-refractivity contribution is -0.00517. The monoisotopic (exact) mass is 430 g/mol. The van der Waals surface area contributed by atoms with Gasteiger partial charge >= 0.3 is 0 Å². The molecule has 0 aliphatic carbocycles. The lowest BCUT2D eigenvalue weighted by atomic mass is 10.2. The molecule has 1 aliphatic heterocycles. The van der Waals surface area contributed by atoms with E-state index in [0.29, 0.717) is 18.1 Å². The van der Waals surface area contributed by atoms with Gasteiger partial charge in [-0.2, -0.15) is 0 Å². The fourth-order valence-electron chi connectivity index (χ4n) is 2.99. The van der Waals surface area contributed by atoms with Gasteiger partial charge < -0.3 is 9.64 Å². The van der Waals surface area contributed by atoms with Crippen LogP contribution in [0, 0.1) is 6.92 Å². The van der Waals surface area contributed by atoms with Crippen LogP contribution < -0.4 is 4.90 Å². The van der Waals surface area contributed by atoms with Crippen LogP contribution in [-0.4, -0.2) is 53.4 Å². The fraction of sp³-hybridized carbons (Fsp3) is 0.471. The molecule has 2 heterocycles. The van der Waals surface area contributed by atoms with Gasteiger partial charge in [-0.3, -0.25) is 0 Å². The van der Waals surface area contributed by atoms with Crippen molar-refractivity contribution in [2.45, 2.75) is 47.2 Å². The van der Waals surface area contributed by atoms with E-state index in [1.807, 2.05) is 25.7 Å². The first-order valence-electron chi connectivity index (χ1n) is 8.41. The quantitative estimate of drug-likeness (QED) is 0.735. The second-order valence-corrected chi connectivity index (χ2v) is 11.9. The van der Waals surface area contributed by atoms with Crippen molar-refractivity contribution in [3.63, 3.8) is 0 Å². The van der Waals surface area contributed by atoms with Crippen LogP contribution >= 0.6 is 11.3 Å². The minimum atomic E-state index is -3.96. The van der Waals surface area contributed by atoms with Crippen molar-refractivity contribution in [2.75, 3.05) is 24.2 Å². The van der Waals surface area contributed by atoms with Crippen molar-refractivity contribution in [1.82, 2.24) is 4.98 Å². The first-order chi connectivity index (χ1) is 12.5. The van der Waals surface area contributed by atoms with Crippen molar-refractivity contribution in [1.29, 1.82) is 0 Å². The number of thiazole rings is 1. The maximum atomic E-state index is 13.2. The van der Waals surface area contributed by atoms with Crippen LogP contribution in [-0.2, 0) is 24.4 Å².